The van der Waals surface area contributed by atoms with Gasteiger partial charge in [-0.2, -0.15) is 0 Å². The van der Waals surface area contributed by atoms with Crippen molar-refractivity contribution in [3.05, 3.63) is 88.7 Å². The monoisotopic (exact) mass is 489 g/mol. The molecule has 172 valence electrons. The van der Waals surface area contributed by atoms with E-state index in [0.29, 0.717) is 12.2 Å². The summed E-state index contributed by atoms with van der Waals surface area (Å²) < 4.78 is 40.8. The van der Waals surface area contributed by atoms with Crippen molar-refractivity contribution in [1.29, 1.82) is 0 Å². The lowest BCUT2D eigenvalue weighted by molar-refractivity contribution is -0.128. The van der Waals surface area contributed by atoms with Gasteiger partial charge in [0.05, 0.1) is 15.5 Å². The molecule has 0 atom stereocenters. The number of halogens is 2. The number of anilines is 2. The molecule has 2 amide bonds. The van der Waals surface area contributed by atoms with Gasteiger partial charge in [-0.25, -0.2) is 12.8 Å². The van der Waals surface area contributed by atoms with Crippen LogP contribution in [0, 0.1) is 5.82 Å². The van der Waals surface area contributed by atoms with Crippen molar-refractivity contribution in [2.45, 2.75) is 18.4 Å². The number of sulfonamides is 1. The smallest absolute Gasteiger partial charge is 0.261 e. The van der Waals surface area contributed by atoms with Crippen LogP contribution in [0.15, 0.2) is 71.6 Å². The van der Waals surface area contributed by atoms with Gasteiger partial charge in [0.1, 0.15) is 5.82 Å². The predicted octanol–water partition coefficient (Wildman–Crippen LogP) is 4.51. The van der Waals surface area contributed by atoms with E-state index >= 15 is 0 Å². The van der Waals surface area contributed by atoms with Crippen LogP contribution >= 0.6 is 11.6 Å². The van der Waals surface area contributed by atoms with Crippen LogP contribution in [0.1, 0.15) is 22.8 Å². The Hall–Kier alpha value is -3.43. The summed E-state index contributed by atoms with van der Waals surface area (Å²) >= 11 is 6.16. The molecule has 0 aliphatic heterocycles. The van der Waals surface area contributed by atoms with Gasteiger partial charge in [0.25, 0.3) is 15.9 Å². The van der Waals surface area contributed by atoms with E-state index in [2.05, 4.69) is 10.0 Å². The fourth-order valence-electron chi connectivity index (χ4n) is 2.91. The lowest BCUT2D eigenvalue weighted by atomic mass is 10.1. The molecule has 3 rings (SSSR count). The summed E-state index contributed by atoms with van der Waals surface area (Å²) in [4.78, 5) is 25.6. The Morgan fingerprint density at radius 1 is 1.00 bits per heavy atom. The quantitative estimate of drug-likeness (QED) is 0.510. The highest BCUT2D eigenvalue weighted by Crippen LogP contribution is 2.24. The molecule has 2 N–H and O–H groups in total. The van der Waals surface area contributed by atoms with Crippen LogP contribution in [0.5, 0.6) is 0 Å². The van der Waals surface area contributed by atoms with Gasteiger partial charge in [0, 0.05) is 31.9 Å². The Balaban J connectivity index is 1.81. The number of nitrogens with one attached hydrogen (secondary N) is 2. The van der Waals surface area contributed by atoms with Crippen molar-refractivity contribution in [2.75, 3.05) is 17.1 Å². The van der Waals surface area contributed by atoms with Crippen molar-refractivity contribution in [3.63, 3.8) is 0 Å². The number of carbonyl (C=O) groups is 2. The number of carbonyl (C=O) groups excluding carboxylic acids is 2. The van der Waals surface area contributed by atoms with Gasteiger partial charge in [0.2, 0.25) is 5.91 Å². The number of hydrogen-bond donors (Lipinski definition) is 2. The second-order valence-corrected chi connectivity index (χ2v) is 9.37. The Morgan fingerprint density at radius 3 is 2.36 bits per heavy atom. The molecule has 3 aromatic carbocycles. The molecule has 33 heavy (non-hydrogen) atoms. The predicted molar refractivity (Wildman–Crippen MR) is 125 cm³/mol. The minimum atomic E-state index is -4.05. The van der Waals surface area contributed by atoms with Crippen LogP contribution < -0.4 is 10.0 Å². The Labute approximate surface area is 196 Å². The van der Waals surface area contributed by atoms with Gasteiger partial charge >= 0.3 is 0 Å². The van der Waals surface area contributed by atoms with Crippen molar-refractivity contribution in [2.24, 2.45) is 0 Å². The number of amides is 2. The lowest BCUT2D eigenvalue weighted by Crippen LogP contribution is -2.23. The number of nitrogens with zero attached hydrogens (tertiary/aromatic N) is 1. The van der Waals surface area contributed by atoms with Gasteiger partial charge in [-0.15, -0.1) is 0 Å². The molecule has 0 aliphatic rings. The van der Waals surface area contributed by atoms with Gasteiger partial charge < -0.3 is 10.2 Å². The topological polar surface area (TPSA) is 95.6 Å². The first-order valence-corrected chi connectivity index (χ1v) is 11.6. The highest BCUT2D eigenvalue weighted by atomic mass is 35.5. The summed E-state index contributed by atoms with van der Waals surface area (Å²) in [5, 5.41) is 2.76. The van der Waals surface area contributed by atoms with E-state index in [9.17, 15) is 22.4 Å². The minimum absolute atomic E-state index is 0.0371. The SMILES string of the molecule is CC(=O)N(C)Cc1cccc(NC(=O)c2cc(S(=O)(=O)Nc3ccc(F)cc3)ccc2Cl)c1. The first-order chi connectivity index (χ1) is 15.5. The average Bonchev–Trinajstić information content (AvgIpc) is 2.75. The van der Waals surface area contributed by atoms with Crippen molar-refractivity contribution < 1.29 is 22.4 Å². The highest BCUT2D eigenvalue weighted by Gasteiger charge is 2.19. The van der Waals surface area contributed by atoms with E-state index in [4.69, 9.17) is 11.6 Å². The Kier molecular flexibility index (Phi) is 7.35. The van der Waals surface area contributed by atoms with Crippen LogP contribution in [0.2, 0.25) is 5.02 Å². The van der Waals surface area contributed by atoms with Crippen molar-refractivity contribution in [1.82, 2.24) is 4.90 Å². The number of hydrogen-bond acceptors (Lipinski definition) is 4. The third kappa shape index (κ3) is 6.30. The highest BCUT2D eigenvalue weighted by molar-refractivity contribution is 7.92. The summed E-state index contributed by atoms with van der Waals surface area (Å²) in [7, 11) is -2.38. The molecule has 7 nitrogen and oxygen atoms in total. The van der Waals surface area contributed by atoms with Crippen LogP contribution in [-0.4, -0.2) is 32.2 Å². The maximum Gasteiger partial charge on any atom is 0.261 e. The molecule has 0 saturated carbocycles. The maximum atomic E-state index is 13.1. The first kappa shape index (κ1) is 24.2. The molecule has 0 aliphatic carbocycles. The molecule has 0 spiro atoms. The first-order valence-electron chi connectivity index (χ1n) is 9.75. The van der Waals surface area contributed by atoms with E-state index in [0.717, 1.165) is 23.8 Å². The fourth-order valence-corrected chi connectivity index (χ4v) is 4.20. The molecule has 0 aromatic heterocycles. The molecule has 0 saturated heterocycles. The molecular formula is C23H21ClFN3O4S. The fraction of sp³-hybridized carbons (Fsp3) is 0.130. The number of rotatable bonds is 7. The van der Waals surface area contributed by atoms with E-state index in [-0.39, 0.29) is 27.1 Å². The van der Waals surface area contributed by atoms with Gasteiger partial charge in [0.15, 0.2) is 0 Å². The third-order valence-electron chi connectivity index (χ3n) is 4.73. The molecule has 10 heteroatoms. The average molecular weight is 490 g/mol. The number of benzene rings is 3. The molecule has 0 unspecified atom stereocenters. The molecule has 0 heterocycles. The summed E-state index contributed by atoms with van der Waals surface area (Å²) in [6.07, 6.45) is 0. The molecule has 0 fully saturated rings. The van der Waals surface area contributed by atoms with Crippen LogP contribution in [0.25, 0.3) is 0 Å². The van der Waals surface area contributed by atoms with E-state index in [1.165, 1.54) is 36.1 Å². The normalized spacial score (nSPS) is 11.0. The van der Waals surface area contributed by atoms with E-state index < -0.39 is 21.7 Å². The standard InChI is InChI=1S/C23H21ClFN3O4S/c1-15(29)28(2)14-16-4-3-5-19(12-16)26-23(30)21-13-20(10-11-22(21)24)33(31,32)27-18-8-6-17(25)7-9-18/h3-13,27H,14H2,1-2H3,(H,26,30). The zero-order valence-electron chi connectivity index (χ0n) is 17.8. The summed E-state index contributed by atoms with van der Waals surface area (Å²) in [5.41, 5.74) is 1.40. The third-order valence-corrected chi connectivity index (χ3v) is 6.44. The largest absolute Gasteiger partial charge is 0.342 e. The molecule has 3 aromatic rings. The second kappa shape index (κ2) is 10.0. The summed E-state index contributed by atoms with van der Waals surface area (Å²) in [6.45, 7) is 1.82. The summed E-state index contributed by atoms with van der Waals surface area (Å²) in [6, 6.07) is 15.5. The van der Waals surface area contributed by atoms with Crippen molar-refractivity contribution >= 4 is 44.8 Å². The van der Waals surface area contributed by atoms with Crippen LogP contribution in [0.4, 0.5) is 15.8 Å². The molecule has 0 bridgehead atoms. The van der Waals surface area contributed by atoms with Crippen LogP contribution in [0.3, 0.4) is 0 Å². The minimum Gasteiger partial charge on any atom is -0.342 e. The van der Waals surface area contributed by atoms with E-state index in [1.807, 2.05) is 6.07 Å². The zero-order valence-corrected chi connectivity index (χ0v) is 19.4. The Bertz CT molecular complexity index is 1300. The second-order valence-electron chi connectivity index (χ2n) is 7.28. The molecule has 0 radical (unpaired) electrons. The van der Waals surface area contributed by atoms with Gasteiger partial charge in [-0.3, -0.25) is 14.3 Å². The Morgan fingerprint density at radius 2 is 1.70 bits per heavy atom. The maximum absolute atomic E-state index is 13.1. The van der Waals surface area contributed by atoms with Crippen LogP contribution in [-0.2, 0) is 21.4 Å². The molecular weight excluding hydrogens is 469 g/mol. The van der Waals surface area contributed by atoms with Gasteiger partial charge in [-0.1, -0.05) is 23.7 Å². The lowest BCUT2D eigenvalue weighted by Gasteiger charge is -2.15. The van der Waals surface area contributed by atoms with E-state index in [1.54, 1.807) is 25.2 Å². The van der Waals surface area contributed by atoms with Crippen molar-refractivity contribution in [3.8, 4) is 0 Å². The van der Waals surface area contributed by atoms with Gasteiger partial charge in [-0.05, 0) is 60.2 Å². The zero-order chi connectivity index (χ0) is 24.2. The summed E-state index contributed by atoms with van der Waals surface area (Å²) in [5.74, 6) is -1.19.